The van der Waals surface area contributed by atoms with Gasteiger partial charge >= 0.3 is 0 Å². The van der Waals surface area contributed by atoms with Crippen LogP contribution in [-0.2, 0) is 20.0 Å². The average Bonchev–Trinajstić information content (AvgIpc) is 2.40. The van der Waals surface area contributed by atoms with Crippen LogP contribution in [0.2, 0.25) is 10.0 Å². The zero-order valence-electron chi connectivity index (χ0n) is 10.8. The number of para-hydroxylation sites is 1. The summed E-state index contributed by atoms with van der Waals surface area (Å²) in [5.74, 6) is 0. The van der Waals surface area contributed by atoms with Gasteiger partial charge in [-0.1, -0.05) is 41.4 Å². The topological polar surface area (TPSA) is 106 Å². The van der Waals surface area contributed by atoms with Crippen molar-refractivity contribution in [3.8, 4) is 0 Å². The number of hydrogen-bond acceptors (Lipinski definition) is 4. The van der Waals surface area contributed by atoms with E-state index in [1.54, 1.807) is 0 Å². The van der Waals surface area contributed by atoms with Crippen LogP contribution in [0.5, 0.6) is 0 Å². The molecule has 0 aromatic heterocycles. The summed E-state index contributed by atoms with van der Waals surface area (Å²) in [6.07, 6.45) is 0. The highest BCUT2D eigenvalue weighted by Crippen LogP contribution is 2.31. The molecule has 0 radical (unpaired) electrons. The minimum absolute atomic E-state index is 0.0595. The fourth-order valence-corrected chi connectivity index (χ4v) is 4.29. The zero-order chi connectivity index (χ0) is 16.5. The molecule has 0 unspecified atom stereocenters. The maximum Gasteiger partial charge on any atom is 0.263 e. The van der Waals surface area contributed by atoms with Crippen LogP contribution in [0.1, 0.15) is 0 Å². The summed E-state index contributed by atoms with van der Waals surface area (Å²) in [5, 5.41) is 4.96. The van der Waals surface area contributed by atoms with Crippen molar-refractivity contribution in [2.24, 2.45) is 5.14 Å². The standard InChI is InChI=1S/C12H10Cl2N2O4S2/c13-8-4-3-7-11(12(8)14)22(19,20)16-9-5-1-2-6-10(9)21(15,17)18/h1-7,16H,(H2,15,17,18). The maximum absolute atomic E-state index is 12.4. The lowest BCUT2D eigenvalue weighted by atomic mass is 10.3. The molecule has 0 saturated heterocycles. The number of rotatable bonds is 4. The number of hydrogen-bond donors (Lipinski definition) is 2. The number of sulfonamides is 2. The molecule has 0 bridgehead atoms. The Morgan fingerprint density at radius 3 is 2.09 bits per heavy atom. The van der Waals surface area contributed by atoms with Crippen molar-refractivity contribution in [1.82, 2.24) is 0 Å². The van der Waals surface area contributed by atoms with Crippen LogP contribution < -0.4 is 9.86 Å². The number of nitrogens with two attached hydrogens (primary N) is 1. The van der Waals surface area contributed by atoms with E-state index in [0.29, 0.717) is 0 Å². The average molecular weight is 381 g/mol. The van der Waals surface area contributed by atoms with Gasteiger partial charge in [-0.25, -0.2) is 22.0 Å². The molecule has 3 N–H and O–H groups in total. The SMILES string of the molecule is NS(=O)(=O)c1ccccc1NS(=O)(=O)c1cccc(Cl)c1Cl. The van der Waals surface area contributed by atoms with Crippen LogP contribution >= 0.6 is 23.2 Å². The summed E-state index contributed by atoms with van der Waals surface area (Å²) in [6, 6.07) is 9.43. The van der Waals surface area contributed by atoms with Gasteiger partial charge in [0.1, 0.15) is 9.79 Å². The van der Waals surface area contributed by atoms with E-state index in [4.69, 9.17) is 28.3 Å². The van der Waals surface area contributed by atoms with Gasteiger partial charge in [0.25, 0.3) is 10.0 Å². The van der Waals surface area contributed by atoms with Gasteiger partial charge < -0.3 is 0 Å². The van der Waals surface area contributed by atoms with Gasteiger partial charge in [0.15, 0.2) is 0 Å². The van der Waals surface area contributed by atoms with Crippen LogP contribution in [0.3, 0.4) is 0 Å². The molecule has 2 aromatic carbocycles. The van der Waals surface area contributed by atoms with Crippen LogP contribution in [0, 0.1) is 0 Å². The number of halogens is 2. The number of anilines is 1. The Bertz CT molecular complexity index is 928. The van der Waals surface area contributed by atoms with Crippen molar-refractivity contribution in [2.45, 2.75) is 9.79 Å². The molecule has 0 saturated carbocycles. The predicted molar refractivity (Wildman–Crippen MR) is 85.1 cm³/mol. The Balaban J connectivity index is 2.54. The fraction of sp³-hybridized carbons (Fsp3) is 0. The molecule has 118 valence electrons. The predicted octanol–water partition coefficient (Wildman–Crippen LogP) is 2.44. The summed E-state index contributed by atoms with van der Waals surface area (Å²) >= 11 is 11.7. The van der Waals surface area contributed by atoms with Crippen molar-refractivity contribution < 1.29 is 16.8 Å². The number of benzene rings is 2. The highest BCUT2D eigenvalue weighted by molar-refractivity contribution is 7.93. The lowest BCUT2D eigenvalue weighted by Gasteiger charge is -2.12. The molecule has 0 atom stereocenters. The maximum atomic E-state index is 12.4. The summed E-state index contributed by atoms with van der Waals surface area (Å²) in [4.78, 5) is -0.623. The molecule has 0 aliphatic rings. The van der Waals surface area contributed by atoms with Crippen LogP contribution in [-0.4, -0.2) is 16.8 Å². The van der Waals surface area contributed by atoms with E-state index in [1.807, 2.05) is 0 Å². The Labute approximate surface area is 138 Å². The normalized spacial score (nSPS) is 12.1. The molecule has 10 heteroatoms. The Morgan fingerprint density at radius 2 is 1.45 bits per heavy atom. The summed E-state index contributed by atoms with van der Waals surface area (Å²) in [5.41, 5.74) is -0.180. The van der Waals surface area contributed by atoms with Crippen molar-refractivity contribution >= 4 is 48.9 Å². The molecule has 6 nitrogen and oxygen atoms in total. The first-order valence-corrected chi connectivity index (χ1v) is 9.50. The second-order valence-corrected chi connectivity index (χ2v) is 8.16. The molecule has 0 aliphatic carbocycles. The van der Waals surface area contributed by atoms with Gasteiger partial charge in [-0.3, -0.25) is 4.72 Å². The van der Waals surface area contributed by atoms with Crippen molar-refractivity contribution in [3.05, 3.63) is 52.5 Å². The van der Waals surface area contributed by atoms with Crippen molar-refractivity contribution in [3.63, 3.8) is 0 Å². The first-order chi connectivity index (χ1) is 10.1. The lowest BCUT2D eigenvalue weighted by Crippen LogP contribution is -2.19. The fourth-order valence-electron chi connectivity index (χ4n) is 1.69. The summed E-state index contributed by atoms with van der Waals surface area (Å²) in [6.45, 7) is 0. The molecule has 22 heavy (non-hydrogen) atoms. The van der Waals surface area contributed by atoms with E-state index < -0.39 is 20.0 Å². The monoisotopic (exact) mass is 380 g/mol. The molecule has 0 spiro atoms. The minimum Gasteiger partial charge on any atom is -0.278 e. The zero-order valence-corrected chi connectivity index (χ0v) is 14.0. The summed E-state index contributed by atoms with van der Waals surface area (Å²) < 4.78 is 49.9. The van der Waals surface area contributed by atoms with E-state index in [2.05, 4.69) is 4.72 Å². The largest absolute Gasteiger partial charge is 0.278 e. The highest BCUT2D eigenvalue weighted by Gasteiger charge is 2.22. The van der Waals surface area contributed by atoms with Crippen LogP contribution in [0.15, 0.2) is 52.3 Å². The number of nitrogens with one attached hydrogen (secondary N) is 1. The van der Waals surface area contributed by atoms with E-state index in [-0.39, 0.29) is 25.5 Å². The lowest BCUT2D eigenvalue weighted by molar-refractivity contribution is 0.598. The van der Waals surface area contributed by atoms with E-state index in [1.165, 1.54) is 42.5 Å². The quantitative estimate of drug-likeness (QED) is 0.848. The molecule has 2 aromatic rings. The minimum atomic E-state index is -4.14. The van der Waals surface area contributed by atoms with E-state index in [0.717, 1.165) is 0 Å². The third-order valence-electron chi connectivity index (χ3n) is 2.64. The van der Waals surface area contributed by atoms with Gasteiger partial charge in [-0.15, -0.1) is 0 Å². The van der Waals surface area contributed by atoms with Gasteiger partial charge in [-0.2, -0.15) is 0 Å². The van der Waals surface area contributed by atoms with Gasteiger partial charge in [-0.05, 0) is 24.3 Å². The van der Waals surface area contributed by atoms with Crippen molar-refractivity contribution in [2.75, 3.05) is 4.72 Å². The Morgan fingerprint density at radius 1 is 0.864 bits per heavy atom. The van der Waals surface area contributed by atoms with Crippen LogP contribution in [0.4, 0.5) is 5.69 Å². The molecule has 2 rings (SSSR count). The summed E-state index contributed by atoms with van der Waals surface area (Å²) in [7, 11) is -8.23. The molecule has 0 aliphatic heterocycles. The van der Waals surface area contributed by atoms with E-state index >= 15 is 0 Å². The molecular formula is C12H10Cl2N2O4S2. The molecule has 0 amide bonds. The van der Waals surface area contributed by atoms with Gasteiger partial charge in [0.05, 0.1) is 15.7 Å². The number of primary sulfonamides is 1. The first kappa shape index (κ1) is 17.0. The second kappa shape index (κ2) is 6.05. The molecular weight excluding hydrogens is 371 g/mol. The smallest absolute Gasteiger partial charge is 0.263 e. The van der Waals surface area contributed by atoms with Gasteiger partial charge in [0.2, 0.25) is 10.0 Å². The molecule has 0 heterocycles. The first-order valence-electron chi connectivity index (χ1n) is 5.71. The van der Waals surface area contributed by atoms with E-state index in [9.17, 15) is 16.8 Å². The van der Waals surface area contributed by atoms with Crippen LogP contribution in [0.25, 0.3) is 0 Å². The highest BCUT2D eigenvalue weighted by atomic mass is 35.5. The Hall–Kier alpha value is -1.32. The third kappa shape index (κ3) is 3.53. The van der Waals surface area contributed by atoms with Crippen molar-refractivity contribution in [1.29, 1.82) is 0 Å². The van der Waals surface area contributed by atoms with Gasteiger partial charge in [0, 0.05) is 0 Å². The molecule has 0 fully saturated rings. The Kier molecular flexibility index (Phi) is 4.69. The second-order valence-electron chi connectivity index (χ2n) is 4.20. The third-order valence-corrected chi connectivity index (χ3v) is 5.95.